The SMILES string of the molecule is Nc1cc(Br)cc(Br)c1NC(=O)CC1CC1. The van der Waals surface area contributed by atoms with Crippen LogP contribution < -0.4 is 11.1 Å². The van der Waals surface area contributed by atoms with Crippen LogP contribution in [0.1, 0.15) is 19.3 Å². The fourth-order valence-corrected chi connectivity index (χ4v) is 2.86. The van der Waals surface area contributed by atoms with E-state index < -0.39 is 0 Å². The number of carbonyl (C=O) groups is 1. The Morgan fingerprint density at radius 1 is 1.44 bits per heavy atom. The lowest BCUT2D eigenvalue weighted by molar-refractivity contribution is -0.116. The Morgan fingerprint density at radius 3 is 2.69 bits per heavy atom. The molecular weight excluding hydrogens is 336 g/mol. The summed E-state index contributed by atoms with van der Waals surface area (Å²) in [7, 11) is 0. The summed E-state index contributed by atoms with van der Waals surface area (Å²) in [6.45, 7) is 0. The first-order valence-electron chi connectivity index (χ1n) is 5.10. The minimum atomic E-state index is 0.0391. The van der Waals surface area contributed by atoms with Crippen LogP contribution in [0.15, 0.2) is 21.1 Å². The van der Waals surface area contributed by atoms with E-state index in [1.54, 1.807) is 6.07 Å². The van der Waals surface area contributed by atoms with Crippen LogP contribution in [0.2, 0.25) is 0 Å². The molecule has 0 atom stereocenters. The number of carbonyl (C=O) groups excluding carboxylic acids is 1. The minimum Gasteiger partial charge on any atom is -0.397 e. The van der Waals surface area contributed by atoms with Gasteiger partial charge in [0.2, 0.25) is 5.91 Å². The standard InChI is InChI=1S/C11H12Br2N2O/c12-7-4-8(13)11(9(14)5-7)15-10(16)3-6-1-2-6/h4-6H,1-3,14H2,(H,15,16). The van der Waals surface area contributed by atoms with Gasteiger partial charge in [-0.25, -0.2) is 0 Å². The van der Waals surface area contributed by atoms with Crippen LogP contribution in [0.5, 0.6) is 0 Å². The number of nitrogen functional groups attached to an aromatic ring is 1. The zero-order valence-electron chi connectivity index (χ0n) is 8.59. The fourth-order valence-electron chi connectivity index (χ4n) is 1.50. The van der Waals surface area contributed by atoms with Crippen LogP contribution in [0.25, 0.3) is 0 Å². The molecule has 1 aromatic rings. The van der Waals surface area contributed by atoms with E-state index in [1.165, 1.54) is 12.8 Å². The highest BCUT2D eigenvalue weighted by molar-refractivity contribution is 9.11. The molecular formula is C11H12Br2N2O. The molecule has 0 heterocycles. The maximum absolute atomic E-state index is 11.7. The van der Waals surface area contributed by atoms with Crippen LogP contribution in [-0.2, 0) is 4.79 Å². The van der Waals surface area contributed by atoms with E-state index in [1.807, 2.05) is 6.07 Å². The first-order chi connectivity index (χ1) is 7.56. The van der Waals surface area contributed by atoms with E-state index in [4.69, 9.17) is 5.73 Å². The molecule has 0 bridgehead atoms. The third kappa shape index (κ3) is 2.98. The average molecular weight is 348 g/mol. The maximum Gasteiger partial charge on any atom is 0.224 e. The number of benzene rings is 1. The Kier molecular flexibility index (Phi) is 3.54. The van der Waals surface area contributed by atoms with Gasteiger partial charge in [0.1, 0.15) is 0 Å². The van der Waals surface area contributed by atoms with Gasteiger partial charge in [0.25, 0.3) is 0 Å². The van der Waals surface area contributed by atoms with Gasteiger partial charge in [-0.05, 0) is 46.8 Å². The zero-order chi connectivity index (χ0) is 11.7. The molecule has 0 unspecified atom stereocenters. The van der Waals surface area contributed by atoms with Gasteiger partial charge >= 0.3 is 0 Å². The zero-order valence-corrected chi connectivity index (χ0v) is 11.8. The number of hydrogen-bond acceptors (Lipinski definition) is 2. The maximum atomic E-state index is 11.7. The number of rotatable bonds is 3. The molecule has 1 aromatic carbocycles. The summed E-state index contributed by atoms with van der Waals surface area (Å²) in [5.41, 5.74) is 7.06. The summed E-state index contributed by atoms with van der Waals surface area (Å²) in [5.74, 6) is 0.618. The van der Waals surface area contributed by atoms with Crippen LogP contribution >= 0.6 is 31.9 Å². The van der Waals surface area contributed by atoms with E-state index in [-0.39, 0.29) is 5.91 Å². The number of amides is 1. The summed E-state index contributed by atoms with van der Waals surface area (Å²) in [6, 6.07) is 3.64. The molecule has 16 heavy (non-hydrogen) atoms. The van der Waals surface area contributed by atoms with Crippen LogP contribution in [0, 0.1) is 5.92 Å². The molecule has 0 spiro atoms. The summed E-state index contributed by atoms with van der Waals surface area (Å²) < 4.78 is 1.68. The molecule has 1 aliphatic rings. The van der Waals surface area contributed by atoms with Crippen molar-refractivity contribution >= 4 is 49.1 Å². The van der Waals surface area contributed by atoms with Gasteiger partial charge in [0, 0.05) is 15.4 Å². The van der Waals surface area contributed by atoms with E-state index in [9.17, 15) is 4.79 Å². The Balaban J connectivity index is 2.10. The van der Waals surface area contributed by atoms with Crippen molar-refractivity contribution in [2.45, 2.75) is 19.3 Å². The highest BCUT2D eigenvalue weighted by Gasteiger charge is 2.24. The molecule has 5 heteroatoms. The first-order valence-corrected chi connectivity index (χ1v) is 6.69. The van der Waals surface area contributed by atoms with Crippen molar-refractivity contribution in [3.05, 3.63) is 21.1 Å². The molecule has 0 radical (unpaired) electrons. The van der Waals surface area contributed by atoms with Crippen LogP contribution in [0.4, 0.5) is 11.4 Å². The predicted molar refractivity (Wildman–Crippen MR) is 72.2 cm³/mol. The Bertz CT molecular complexity index is 407. The van der Waals surface area contributed by atoms with Crippen molar-refractivity contribution in [1.82, 2.24) is 0 Å². The van der Waals surface area contributed by atoms with E-state index in [0.29, 0.717) is 23.7 Å². The van der Waals surface area contributed by atoms with Crippen molar-refractivity contribution in [1.29, 1.82) is 0 Å². The number of nitrogens with one attached hydrogen (secondary N) is 1. The van der Waals surface area contributed by atoms with Gasteiger partial charge in [-0.2, -0.15) is 0 Å². The Morgan fingerprint density at radius 2 is 2.12 bits per heavy atom. The molecule has 86 valence electrons. The number of anilines is 2. The van der Waals surface area contributed by atoms with Crippen molar-refractivity contribution in [2.24, 2.45) is 5.92 Å². The summed E-state index contributed by atoms with van der Waals surface area (Å²) in [5, 5.41) is 2.85. The van der Waals surface area contributed by atoms with Crippen molar-refractivity contribution < 1.29 is 4.79 Å². The normalized spacial score (nSPS) is 14.9. The second kappa shape index (κ2) is 4.75. The second-order valence-electron chi connectivity index (χ2n) is 4.05. The number of nitrogens with two attached hydrogens (primary N) is 1. The average Bonchev–Trinajstić information content (AvgIpc) is 2.95. The molecule has 3 N–H and O–H groups in total. The molecule has 1 aliphatic carbocycles. The third-order valence-electron chi connectivity index (χ3n) is 2.52. The molecule has 1 amide bonds. The monoisotopic (exact) mass is 346 g/mol. The lowest BCUT2D eigenvalue weighted by Crippen LogP contribution is -2.13. The van der Waals surface area contributed by atoms with Crippen molar-refractivity contribution in [3.63, 3.8) is 0 Å². The van der Waals surface area contributed by atoms with E-state index in [0.717, 1.165) is 8.95 Å². The molecule has 0 aromatic heterocycles. The Labute approximate surface area is 111 Å². The predicted octanol–water partition coefficient (Wildman–Crippen LogP) is 3.53. The van der Waals surface area contributed by atoms with E-state index >= 15 is 0 Å². The second-order valence-corrected chi connectivity index (χ2v) is 5.82. The largest absolute Gasteiger partial charge is 0.397 e. The Hall–Kier alpha value is -0.550. The molecule has 3 nitrogen and oxygen atoms in total. The molecule has 1 saturated carbocycles. The van der Waals surface area contributed by atoms with Gasteiger partial charge < -0.3 is 11.1 Å². The first kappa shape index (κ1) is 11.9. The quantitative estimate of drug-likeness (QED) is 0.822. The van der Waals surface area contributed by atoms with Crippen molar-refractivity contribution in [3.8, 4) is 0 Å². The summed E-state index contributed by atoms with van der Waals surface area (Å²) in [6.07, 6.45) is 2.94. The topological polar surface area (TPSA) is 55.1 Å². The smallest absolute Gasteiger partial charge is 0.224 e. The van der Waals surface area contributed by atoms with Crippen LogP contribution in [0.3, 0.4) is 0 Å². The highest BCUT2D eigenvalue weighted by atomic mass is 79.9. The third-order valence-corrected chi connectivity index (χ3v) is 3.60. The molecule has 2 rings (SSSR count). The molecule has 0 aliphatic heterocycles. The van der Waals surface area contributed by atoms with Gasteiger partial charge in [-0.15, -0.1) is 0 Å². The number of halogens is 2. The molecule has 1 fully saturated rings. The summed E-state index contributed by atoms with van der Waals surface area (Å²) in [4.78, 5) is 11.7. The van der Waals surface area contributed by atoms with E-state index in [2.05, 4.69) is 37.2 Å². The fraction of sp³-hybridized carbons (Fsp3) is 0.364. The lowest BCUT2D eigenvalue weighted by atomic mass is 10.2. The van der Waals surface area contributed by atoms with Gasteiger partial charge in [-0.1, -0.05) is 15.9 Å². The highest BCUT2D eigenvalue weighted by Crippen LogP contribution is 2.35. The van der Waals surface area contributed by atoms with Crippen molar-refractivity contribution in [2.75, 3.05) is 11.1 Å². The van der Waals surface area contributed by atoms with Gasteiger partial charge in [0.15, 0.2) is 0 Å². The van der Waals surface area contributed by atoms with Gasteiger partial charge in [-0.3, -0.25) is 4.79 Å². The lowest BCUT2D eigenvalue weighted by Gasteiger charge is -2.10. The number of hydrogen-bond donors (Lipinski definition) is 2. The van der Waals surface area contributed by atoms with Crippen LogP contribution in [-0.4, -0.2) is 5.91 Å². The van der Waals surface area contributed by atoms with Gasteiger partial charge in [0.05, 0.1) is 11.4 Å². The molecule has 0 saturated heterocycles. The minimum absolute atomic E-state index is 0.0391. The summed E-state index contributed by atoms with van der Waals surface area (Å²) >= 11 is 6.72.